The van der Waals surface area contributed by atoms with Gasteiger partial charge < -0.3 is 24.3 Å². The fourth-order valence-corrected chi connectivity index (χ4v) is 6.94. The van der Waals surface area contributed by atoms with Crippen molar-refractivity contribution < 1.29 is 23.7 Å². The van der Waals surface area contributed by atoms with Crippen LogP contribution in [0.15, 0.2) is 110 Å². The van der Waals surface area contributed by atoms with Gasteiger partial charge in [-0.05, 0) is 79.4 Å². The maximum Gasteiger partial charge on any atom is 0.272 e. The lowest BCUT2D eigenvalue weighted by Gasteiger charge is -2.12. The number of methoxy groups -OCH3 is 3. The van der Waals surface area contributed by atoms with Crippen LogP contribution in [0, 0.1) is 13.8 Å². The van der Waals surface area contributed by atoms with Gasteiger partial charge in [0, 0.05) is 48.2 Å². The summed E-state index contributed by atoms with van der Waals surface area (Å²) in [5, 5.41) is 18.6. The van der Waals surface area contributed by atoms with E-state index in [1.54, 1.807) is 50.7 Å². The van der Waals surface area contributed by atoms with E-state index in [9.17, 15) is 4.79 Å². The van der Waals surface area contributed by atoms with Crippen LogP contribution in [0.3, 0.4) is 0 Å². The van der Waals surface area contributed by atoms with Gasteiger partial charge >= 0.3 is 0 Å². The number of nitrogens with zero attached hydrogens (tertiary/aromatic N) is 9. The predicted octanol–water partition coefficient (Wildman–Crippen LogP) is 6.71. The molecule has 3 aromatic carbocycles. The topological polar surface area (TPSA) is 158 Å². The highest BCUT2D eigenvalue weighted by Gasteiger charge is 2.28. The van der Waals surface area contributed by atoms with Crippen molar-refractivity contribution in [2.45, 2.75) is 46.5 Å². The maximum atomic E-state index is 14.0. The lowest BCUT2D eigenvalue weighted by Crippen LogP contribution is -2.24. The first kappa shape index (κ1) is 39.3. The molecule has 15 heteroatoms. The minimum atomic E-state index is -0.387. The first-order valence-corrected chi connectivity index (χ1v) is 19.4. The second-order valence-corrected chi connectivity index (χ2v) is 14.1. The van der Waals surface area contributed by atoms with Gasteiger partial charge in [-0.3, -0.25) is 19.4 Å². The highest BCUT2D eigenvalue weighted by Crippen LogP contribution is 2.35. The molecule has 8 rings (SSSR count). The van der Waals surface area contributed by atoms with E-state index >= 15 is 0 Å². The zero-order chi connectivity index (χ0) is 41.6. The second kappa shape index (κ2) is 17.5. The molecule has 15 nitrogen and oxygen atoms in total. The fraction of sp³-hybridized carbons (Fsp3) is 0.222. The number of fused-ring (bicyclic) bond motifs is 1. The molecule has 0 radical (unpaired) electrons. The molecule has 0 fully saturated rings. The summed E-state index contributed by atoms with van der Waals surface area (Å²) in [6.45, 7) is 5.17. The largest absolute Gasteiger partial charge is 0.497 e. The number of ether oxygens (including phenoxy) is 4. The lowest BCUT2D eigenvalue weighted by molar-refractivity contribution is 0.0947. The van der Waals surface area contributed by atoms with Crippen LogP contribution in [0.5, 0.6) is 23.0 Å². The molecule has 0 aliphatic heterocycles. The molecular formula is C45H44N10O5. The third-order valence-electron chi connectivity index (χ3n) is 10.1. The van der Waals surface area contributed by atoms with E-state index in [1.165, 1.54) is 0 Å². The van der Waals surface area contributed by atoms with Gasteiger partial charge in [-0.1, -0.05) is 42.5 Å². The Labute approximate surface area is 346 Å². The maximum absolute atomic E-state index is 14.0. The zero-order valence-electron chi connectivity index (χ0n) is 34.0. The van der Waals surface area contributed by atoms with E-state index in [-0.39, 0.29) is 24.1 Å². The first-order valence-electron chi connectivity index (χ1n) is 19.4. The number of rotatable bonds is 16. The number of nitrogens with one attached hydrogen (secondary N) is 1. The van der Waals surface area contributed by atoms with Gasteiger partial charge in [0.05, 0.1) is 39.6 Å². The molecule has 1 N–H and O–H groups in total. The van der Waals surface area contributed by atoms with Crippen LogP contribution in [0.2, 0.25) is 0 Å². The Balaban J connectivity index is 1.23. The molecule has 5 aromatic heterocycles. The van der Waals surface area contributed by atoms with Gasteiger partial charge in [0.1, 0.15) is 35.2 Å². The molecule has 0 aliphatic carbocycles. The highest BCUT2D eigenvalue weighted by atomic mass is 16.5. The summed E-state index contributed by atoms with van der Waals surface area (Å²) in [5.74, 6) is 2.91. The average Bonchev–Trinajstić information content (AvgIpc) is 3.97. The molecule has 0 bridgehead atoms. The summed E-state index contributed by atoms with van der Waals surface area (Å²) in [7, 11) is 4.80. The number of pyridine rings is 2. The van der Waals surface area contributed by atoms with Crippen molar-refractivity contribution in [2.75, 3.05) is 21.3 Å². The number of hydrogen-bond acceptors (Lipinski definition) is 11. The molecule has 0 atom stereocenters. The summed E-state index contributed by atoms with van der Waals surface area (Å²) in [6.07, 6.45) is 5.93. The molecule has 0 saturated heterocycles. The van der Waals surface area contributed by atoms with Crippen molar-refractivity contribution in [1.29, 1.82) is 0 Å². The van der Waals surface area contributed by atoms with Crippen molar-refractivity contribution in [3.8, 4) is 40.5 Å². The van der Waals surface area contributed by atoms with Gasteiger partial charge in [-0.15, -0.1) is 5.10 Å². The van der Waals surface area contributed by atoms with E-state index in [4.69, 9.17) is 39.2 Å². The van der Waals surface area contributed by atoms with Gasteiger partial charge in [-0.25, -0.2) is 4.68 Å². The van der Waals surface area contributed by atoms with Crippen molar-refractivity contribution in [2.24, 2.45) is 0 Å². The molecule has 0 saturated carbocycles. The third-order valence-corrected chi connectivity index (χ3v) is 10.1. The number of aromatic nitrogens is 9. The van der Waals surface area contributed by atoms with Crippen molar-refractivity contribution in [3.63, 3.8) is 0 Å². The Morgan fingerprint density at radius 1 is 0.767 bits per heavy atom. The normalized spacial score (nSPS) is 11.2. The summed E-state index contributed by atoms with van der Waals surface area (Å²) in [6, 6.07) is 29.0. The fourth-order valence-electron chi connectivity index (χ4n) is 6.94. The van der Waals surface area contributed by atoms with E-state index < -0.39 is 0 Å². The summed E-state index contributed by atoms with van der Waals surface area (Å²) < 4.78 is 28.3. The predicted molar refractivity (Wildman–Crippen MR) is 225 cm³/mol. The van der Waals surface area contributed by atoms with E-state index in [0.29, 0.717) is 71.5 Å². The van der Waals surface area contributed by atoms with Crippen molar-refractivity contribution in [3.05, 3.63) is 149 Å². The Morgan fingerprint density at radius 2 is 1.53 bits per heavy atom. The van der Waals surface area contributed by atoms with Gasteiger partial charge in [-0.2, -0.15) is 19.9 Å². The van der Waals surface area contributed by atoms with Crippen LogP contribution in [0.25, 0.3) is 28.4 Å². The third kappa shape index (κ3) is 8.36. The minimum Gasteiger partial charge on any atom is -0.497 e. The Hall–Kier alpha value is -7.55. The van der Waals surface area contributed by atoms with E-state index in [2.05, 4.69) is 15.3 Å². The van der Waals surface area contributed by atoms with Crippen molar-refractivity contribution >= 4 is 16.8 Å². The van der Waals surface area contributed by atoms with Crippen LogP contribution in [0.1, 0.15) is 44.1 Å². The minimum absolute atomic E-state index is 0.192. The Bertz CT molecular complexity index is 2750. The molecule has 0 aliphatic rings. The molecule has 0 unspecified atom stereocenters. The first-order chi connectivity index (χ1) is 29.3. The molecule has 304 valence electrons. The van der Waals surface area contributed by atoms with E-state index in [1.807, 2.05) is 108 Å². The molecule has 60 heavy (non-hydrogen) atoms. The molecule has 8 aromatic rings. The molecular weight excluding hydrogens is 761 g/mol. The number of amides is 1. The van der Waals surface area contributed by atoms with Crippen molar-refractivity contribution in [1.82, 2.24) is 49.6 Å². The summed E-state index contributed by atoms with van der Waals surface area (Å²) in [5.41, 5.74) is 6.68. The summed E-state index contributed by atoms with van der Waals surface area (Å²) >= 11 is 0. The van der Waals surface area contributed by atoms with Crippen LogP contribution in [0.4, 0.5) is 0 Å². The monoisotopic (exact) mass is 804 g/mol. The zero-order valence-corrected chi connectivity index (χ0v) is 34.0. The number of carbonyl (C=O) groups excluding carboxylic acids is 1. The Kier molecular flexibility index (Phi) is 11.5. The van der Waals surface area contributed by atoms with Crippen LogP contribution in [-0.2, 0) is 32.7 Å². The lowest BCUT2D eigenvalue weighted by atomic mass is 10.1. The molecule has 0 spiro atoms. The van der Waals surface area contributed by atoms with Gasteiger partial charge in [0.15, 0.2) is 17.3 Å². The molecule has 1 amide bonds. The smallest absolute Gasteiger partial charge is 0.272 e. The number of benzene rings is 3. The summed E-state index contributed by atoms with van der Waals surface area (Å²) in [4.78, 5) is 28.0. The SMILES string of the molecule is COc1ccc(Cn2nc(-n3nc(C(=O)NCc4ccc(OC)cc4OC)c4cc(C)ncc43)nc2-c2c(OCc3ccccc3)c(C)nn2CCc2ccncc2)cc1. The highest BCUT2D eigenvalue weighted by molar-refractivity contribution is 6.05. The van der Waals surface area contributed by atoms with E-state index in [0.717, 1.165) is 33.7 Å². The van der Waals surface area contributed by atoms with Gasteiger partial charge in [0.2, 0.25) is 0 Å². The second-order valence-electron chi connectivity index (χ2n) is 14.1. The quantitative estimate of drug-likeness (QED) is 0.111. The number of hydrogen-bond donors (Lipinski definition) is 1. The number of carbonyl (C=O) groups is 1. The average molecular weight is 805 g/mol. The van der Waals surface area contributed by atoms with Gasteiger partial charge in [0.25, 0.3) is 11.9 Å². The standard InChI is InChI=1S/C45H44N10O5/c1-29-23-37-38(26-47-29)55(51-40(37)44(56)48-25-34-13-16-36(58-4)24-39(34)59-5)45-49-43(54(52-45)27-32-11-14-35(57-3)15-12-32)41-42(60-28-33-9-7-6-8-10-33)30(2)50-53(41)22-19-31-17-20-46-21-18-31/h6-18,20-21,23-24,26H,19,22,25,27-28H2,1-5H3,(H,48,56). The Morgan fingerprint density at radius 3 is 2.28 bits per heavy atom. The van der Waals surface area contributed by atoms with Crippen LogP contribution < -0.4 is 24.3 Å². The number of aryl methyl sites for hydroxylation is 4. The van der Waals surface area contributed by atoms with Crippen LogP contribution >= 0.6 is 0 Å². The van der Waals surface area contributed by atoms with Crippen LogP contribution in [-0.4, -0.2) is 71.5 Å². The molecule has 5 heterocycles.